The number of allylic oxidation sites excluding steroid dienone is 3. The fraction of sp³-hybridized carbons (Fsp3) is 0.545. The standard InChI is InChI=1S/C44H52N2O5/c1-38(2)32-17-18-42(6)33(41(32,5)24-29(26-45)36(38)48)23-35(47)44(50)34-25-40(4,20-19-39(34,3)21-22-43(42,44)7)37(49)46-27-28-13-11-12-16-31(28)51-30-14-9-8-10-15-30/h8-16,23-24,32,34,50H,17-22,25,27H2,1-7H3,(H,46,49)/t32-,34+,39+,40-,41-,42+,43-,44+/m0/s1. The molecule has 3 saturated carbocycles. The normalized spacial score (nSPS) is 39.5. The zero-order valence-electron chi connectivity index (χ0n) is 31.2. The monoisotopic (exact) mass is 688 g/mol. The minimum Gasteiger partial charge on any atom is -0.457 e. The minimum atomic E-state index is -1.68. The first-order valence-corrected chi connectivity index (χ1v) is 18.7. The number of ketones is 2. The van der Waals surface area contributed by atoms with Crippen molar-refractivity contribution in [3.8, 4) is 17.6 Å². The number of nitrogens with one attached hydrogen (secondary N) is 1. The van der Waals surface area contributed by atoms with Crippen LogP contribution in [0.5, 0.6) is 11.5 Å². The third kappa shape index (κ3) is 4.81. The van der Waals surface area contributed by atoms with E-state index in [4.69, 9.17) is 4.74 Å². The lowest BCUT2D eigenvalue weighted by atomic mass is 9.33. The summed E-state index contributed by atoms with van der Waals surface area (Å²) in [4.78, 5) is 42.4. The highest BCUT2D eigenvalue weighted by atomic mass is 16.5. The number of Topliss-reactive ketones (excluding diaryl/α,β-unsaturated/α-hetero) is 1. The highest BCUT2D eigenvalue weighted by Gasteiger charge is 2.75. The molecule has 0 aliphatic heterocycles. The van der Waals surface area contributed by atoms with E-state index in [2.05, 4.69) is 39.1 Å². The summed E-state index contributed by atoms with van der Waals surface area (Å²) in [6.07, 6.45) is 8.32. The average Bonchev–Trinajstić information content (AvgIpc) is 3.10. The number of hydrogen-bond donors (Lipinski definition) is 2. The Kier molecular flexibility index (Phi) is 7.97. The number of ether oxygens (including phenoxy) is 1. The number of amides is 1. The Balaban J connectivity index is 1.21. The Morgan fingerprint density at radius 1 is 0.902 bits per heavy atom. The van der Waals surface area contributed by atoms with Crippen molar-refractivity contribution in [1.82, 2.24) is 5.32 Å². The molecule has 0 heterocycles. The highest BCUT2D eigenvalue weighted by molar-refractivity contribution is 6.05. The fourth-order valence-corrected chi connectivity index (χ4v) is 11.7. The lowest BCUT2D eigenvalue weighted by Gasteiger charge is -2.71. The van der Waals surface area contributed by atoms with E-state index in [1.165, 1.54) is 0 Å². The van der Waals surface area contributed by atoms with Crippen LogP contribution < -0.4 is 10.1 Å². The largest absolute Gasteiger partial charge is 0.457 e. The van der Waals surface area contributed by atoms with Crippen molar-refractivity contribution < 1.29 is 24.2 Å². The molecule has 0 spiro atoms. The molecule has 7 nitrogen and oxygen atoms in total. The predicted molar refractivity (Wildman–Crippen MR) is 195 cm³/mol. The van der Waals surface area contributed by atoms with Gasteiger partial charge in [-0.25, -0.2) is 0 Å². The molecular weight excluding hydrogens is 636 g/mol. The quantitative estimate of drug-likeness (QED) is 0.326. The molecule has 8 atom stereocenters. The third-order valence-electron chi connectivity index (χ3n) is 15.2. The number of carbonyl (C=O) groups excluding carboxylic acids is 3. The molecule has 268 valence electrons. The van der Waals surface area contributed by atoms with Crippen molar-refractivity contribution in [2.24, 2.45) is 44.3 Å². The number of nitriles is 1. The van der Waals surface area contributed by atoms with Gasteiger partial charge in [-0.3, -0.25) is 14.4 Å². The number of rotatable bonds is 5. The zero-order valence-corrected chi connectivity index (χ0v) is 31.2. The summed E-state index contributed by atoms with van der Waals surface area (Å²) in [6, 6.07) is 19.4. The molecule has 5 aliphatic rings. The number of hydrogen-bond acceptors (Lipinski definition) is 6. The second-order valence-corrected chi connectivity index (χ2v) is 18.1. The number of carbonyl (C=O) groups is 3. The van der Waals surface area contributed by atoms with E-state index in [1.807, 2.05) is 81.4 Å². The second-order valence-electron chi connectivity index (χ2n) is 18.1. The van der Waals surface area contributed by atoms with Crippen molar-refractivity contribution in [1.29, 1.82) is 5.26 Å². The van der Waals surface area contributed by atoms with E-state index in [9.17, 15) is 24.8 Å². The zero-order chi connectivity index (χ0) is 36.8. The van der Waals surface area contributed by atoms with Crippen LogP contribution in [0.3, 0.4) is 0 Å². The summed E-state index contributed by atoms with van der Waals surface area (Å²) in [6.45, 7) is 14.7. The number of benzene rings is 2. The van der Waals surface area contributed by atoms with Crippen molar-refractivity contribution in [2.75, 3.05) is 0 Å². The first kappa shape index (κ1) is 35.4. The Morgan fingerprint density at radius 2 is 1.57 bits per heavy atom. The van der Waals surface area contributed by atoms with Crippen molar-refractivity contribution in [3.63, 3.8) is 0 Å². The lowest BCUT2D eigenvalue weighted by Crippen LogP contribution is -2.74. The average molecular weight is 689 g/mol. The van der Waals surface area contributed by atoms with Gasteiger partial charge in [0.1, 0.15) is 23.2 Å². The van der Waals surface area contributed by atoms with Gasteiger partial charge in [0.25, 0.3) is 0 Å². The van der Waals surface area contributed by atoms with Crippen molar-refractivity contribution in [2.45, 2.75) is 106 Å². The summed E-state index contributed by atoms with van der Waals surface area (Å²) in [5, 5.41) is 26.5. The molecule has 5 aliphatic carbocycles. The van der Waals surface area contributed by atoms with Gasteiger partial charge in [-0.1, -0.05) is 90.9 Å². The van der Waals surface area contributed by atoms with Crippen molar-refractivity contribution >= 4 is 17.5 Å². The maximum absolute atomic E-state index is 14.8. The SMILES string of the molecule is CC1(C)C(=O)C(C#N)=C[C@]2(C)C3=CC(=O)[C@]4(O)[C@@H]5C[C@@](C)(C(=O)NCc6ccccc6Oc6ccccc6)CC[C@]5(C)CC[C@@]4(C)[C@]3(C)CC[C@@H]12. The molecule has 2 aromatic carbocycles. The van der Waals surface area contributed by atoms with Gasteiger partial charge in [0.05, 0.1) is 5.57 Å². The van der Waals surface area contributed by atoms with E-state index < -0.39 is 38.6 Å². The molecule has 0 radical (unpaired) electrons. The van der Waals surface area contributed by atoms with Crippen LogP contribution in [0.1, 0.15) is 99.0 Å². The molecule has 0 unspecified atom stereocenters. The smallest absolute Gasteiger partial charge is 0.226 e. The lowest BCUT2D eigenvalue weighted by molar-refractivity contribution is -0.242. The molecule has 0 aromatic heterocycles. The van der Waals surface area contributed by atoms with Gasteiger partial charge in [-0.05, 0) is 91.5 Å². The van der Waals surface area contributed by atoms with Crippen LogP contribution in [0.15, 0.2) is 77.9 Å². The van der Waals surface area contributed by atoms with Gasteiger partial charge in [0, 0.05) is 39.7 Å². The van der Waals surface area contributed by atoms with E-state index in [-0.39, 0.29) is 34.4 Å². The van der Waals surface area contributed by atoms with Crippen LogP contribution in [0, 0.1) is 55.7 Å². The second kappa shape index (κ2) is 11.5. The molecule has 2 N–H and O–H groups in total. The van der Waals surface area contributed by atoms with Crippen LogP contribution in [0.25, 0.3) is 0 Å². The van der Waals surface area contributed by atoms with Gasteiger partial charge in [-0.15, -0.1) is 0 Å². The molecule has 0 bridgehead atoms. The molecular formula is C44H52N2O5. The molecule has 0 saturated heterocycles. The van der Waals surface area contributed by atoms with Crippen LogP contribution >= 0.6 is 0 Å². The molecule has 51 heavy (non-hydrogen) atoms. The number of aliphatic hydroxyl groups is 1. The summed E-state index contributed by atoms with van der Waals surface area (Å²) in [7, 11) is 0. The minimum absolute atomic E-state index is 0.0738. The Labute approximate surface area is 302 Å². The topological polar surface area (TPSA) is 116 Å². The number of nitrogens with zero attached hydrogens (tertiary/aromatic N) is 1. The Morgan fingerprint density at radius 3 is 2.27 bits per heavy atom. The van der Waals surface area contributed by atoms with Gasteiger partial charge in [0.2, 0.25) is 5.91 Å². The molecule has 2 aromatic rings. The third-order valence-corrected chi connectivity index (χ3v) is 15.2. The molecule has 7 rings (SSSR count). The maximum atomic E-state index is 14.8. The van der Waals surface area contributed by atoms with Crippen LogP contribution in [0.4, 0.5) is 0 Å². The summed E-state index contributed by atoms with van der Waals surface area (Å²) >= 11 is 0. The number of para-hydroxylation sites is 2. The van der Waals surface area contributed by atoms with Gasteiger partial charge in [-0.2, -0.15) is 5.26 Å². The van der Waals surface area contributed by atoms with E-state index in [1.54, 1.807) is 6.08 Å². The number of fused-ring (bicyclic) bond motifs is 7. The molecule has 1 amide bonds. The fourth-order valence-electron chi connectivity index (χ4n) is 11.7. The Bertz CT molecular complexity index is 1920. The highest BCUT2D eigenvalue weighted by Crippen LogP contribution is 2.75. The van der Waals surface area contributed by atoms with Crippen LogP contribution in [0.2, 0.25) is 0 Å². The maximum Gasteiger partial charge on any atom is 0.226 e. The first-order valence-electron chi connectivity index (χ1n) is 18.7. The molecule has 3 fully saturated rings. The summed E-state index contributed by atoms with van der Waals surface area (Å²) < 4.78 is 6.15. The van der Waals surface area contributed by atoms with E-state index in [0.29, 0.717) is 31.6 Å². The summed E-state index contributed by atoms with van der Waals surface area (Å²) in [5.74, 6) is 0.375. The molecule has 7 heteroatoms. The van der Waals surface area contributed by atoms with Gasteiger partial charge in [0.15, 0.2) is 11.6 Å². The van der Waals surface area contributed by atoms with Crippen molar-refractivity contribution in [3.05, 3.63) is 83.5 Å². The van der Waals surface area contributed by atoms with E-state index >= 15 is 0 Å². The van der Waals surface area contributed by atoms with Crippen LogP contribution in [-0.2, 0) is 20.9 Å². The van der Waals surface area contributed by atoms with E-state index in [0.717, 1.165) is 42.6 Å². The summed E-state index contributed by atoms with van der Waals surface area (Å²) in [5.41, 5.74) is -3.64. The predicted octanol–water partition coefficient (Wildman–Crippen LogP) is 8.43. The van der Waals surface area contributed by atoms with Gasteiger partial charge < -0.3 is 15.2 Å². The van der Waals surface area contributed by atoms with Crippen LogP contribution in [-0.4, -0.2) is 28.2 Å². The first-order chi connectivity index (χ1) is 23.9. The Hall–Kier alpha value is -4.02. The van der Waals surface area contributed by atoms with Gasteiger partial charge >= 0.3 is 0 Å².